The molecule has 104 valence electrons. The van der Waals surface area contributed by atoms with Crippen LogP contribution in [0.25, 0.3) is 0 Å². The number of hydrogen-bond acceptors (Lipinski definition) is 4. The number of nitrogens with zero attached hydrogens (tertiary/aromatic N) is 3. The Labute approximate surface area is 115 Å². The molecule has 1 heterocycles. The summed E-state index contributed by atoms with van der Waals surface area (Å²) in [5.74, 6) is 3.20. The summed E-state index contributed by atoms with van der Waals surface area (Å²) in [6, 6.07) is 2.59. The maximum atomic E-state index is 5.97. The second-order valence-corrected chi connectivity index (χ2v) is 5.86. The summed E-state index contributed by atoms with van der Waals surface area (Å²) in [5.41, 5.74) is 5.97. The highest BCUT2D eigenvalue weighted by atomic mass is 15.2. The molecule has 0 unspecified atom stereocenters. The molecule has 0 aliphatic heterocycles. The number of hydrogen-bond donors (Lipinski definition) is 1. The van der Waals surface area contributed by atoms with Crippen LogP contribution in [0.2, 0.25) is 0 Å². The predicted octanol–water partition coefficient (Wildman–Crippen LogP) is 3.10. The van der Waals surface area contributed by atoms with Crippen LogP contribution >= 0.6 is 0 Å². The third-order valence-corrected chi connectivity index (χ3v) is 4.34. The molecule has 0 amide bonds. The Morgan fingerprint density at radius 1 is 1.16 bits per heavy atom. The lowest BCUT2D eigenvalue weighted by Crippen LogP contribution is -2.37. The van der Waals surface area contributed by atoms with Crippen LogP contribution in [-0.2, 0) is 0 Å². The van der Waals surface area contributed by atoms with Crippen LogP contribution in [0.15, 0.2) is 6.07 Å². The number of aromatic nitrogens is 2. The van der Waals surface area contributed by atoms with Gasteiger partial charge in [-0.25, -0.2) is 9.97 Å². The minimum Gasteiger partial charge on any atom is -0.384 e. The molecule has 2 saturated carbocycles. The standard InChI is InChI=1S/C15H24N4/c1-2-19(12-6-4-3-5-7-12)14-10-13(16)17-15(18-14)11-8-9-11/h10-12H,2-9H2,1H3,(H2,16,17,18). The van der Waals surface area contributed by atoms with E-state index in [-0.39, 0.29) is 0 Å². The average molecular weight is 260 g/mol. The van der Waals surface area contributed by atoms with Crippen molar-refractivity contribution in [2.75, 3.05) is 17.2 Å². The van der Waals surface area contributed by atoms with E-state index in [4.69, 9.17) is 10.7 Å². The molecule has 2 N–H and O–H groups in total. The van der Waals surface area contributed by atoms with Crippen molar-refractivity contribution >= 4 is 11.6 Å². The second-order valence-electron chi connectivity index (χ2n) is 5.86. The maximum absolute atomic E-state index is 5.97. The molecule has 1 aromatic rings. The molecular weight excluding hydrogens is 236 g/mol. The summed E-state index contributed by atoms with van der Waals surface area (Å²) in [5, 5.41) is 0. The van der Waals surface area contributed by atoms with Gasteiger partial charge in [0.2, 0.25) is 0 Å². The van der Waals surface area contributed by atoms with Gasteiger partial charge >= 0.3 is 0 Å². The molecule has 4 heteroatoms. The van der Waals surface area contributed by atoms with Crippen molar-refractivity contribution in [3.05, 3.63) is 11.9 Å². The van der Waals surface area contributed by atoms with Gasteiger partial charge in [-0.2, -0.15) is 0 Å². The Hall–Kier alpha value is -1.32. The Morgan fingerprint density at radius 3 is 2.53 bits per heavy atom. The normalized spacial score (nSPS) is 20.5. The van der Waals surface area contributed by atoms with Gasteiger partial charge in [0.25, 0.3) is 0 Å². The van der Waals surface area contributed by atoms with E-state index >= 15 is 0 Å². The van der Waals surface area contributed by atoms with Gasteiger partial charge in [0, 0.05) is 24.6 Å². The fourth-order valence-corrected chi connectivity index (χ4v) is 3.14. The highest BCUT2D eigenvalue weighted by Gasteiger charge is 2.28. The molecule has 0 spiro atoms. The molecule has 0 bridgehead atoms. The highest BCUT2D eigenvalue weighted by molar-refractivity contribution is 5.48. The number of nitrogen functional groups attached to an aromatic ring is 1. The Kier molecular flexibility index (Phi) is 3.58. The predicted molar refractivity (Wildman–Crippen MR) is 78.3 cm³/mol. The van der Waals surface area contributed by atoms with Crippen LogP contribution in [0, 0.1) is 0 Å². The van der Waals surface area contributed by atoms with E-state index in [1.807, 2.05) is 6.07 Å². The van der Waals surface area contributed by atoms with Crippen molar-refractivity contribution in [3.8, 4) is 0 Å². The van der Waals surface area contributed by atoms with Gasteiger partial charge in [0.1, 0.15) is 17.5 Å². The summed E-state index contributed by atoms with van der Waals surface area (Å²) in [4.78, 5) is 11.6. The van der Waals surface area contributed by atoms with Crippen molar-refractivity contribution in [2.24, 2.45) is 0 Å². The number of rotatable bonds is 4. The molecule has 0 aromatic carbocycles. The Morgan fingerprint density at radius 2 is 1.89 bits per heavy atom. The zero-order chi connectivity index (χ0) is 13.2. The van der Waals surface area contributed by atoms with Crippen LogP contribution in [0.1, 0.15) is 63.6 Å². The first-order chi connectivity index (χ1) is 9.28. The van der Waals surface area contributed by atoms with Crippen LogP contribution in [0.4, 0.5) is 11.6 Å². The maximum Gasteiger partial charge on any atom is 0.136 e. The molecule has 3 rings (SSSR count). The Balaban J connectivity index is 1.84. The first-order valence-corrected chi connectivity index (χ1v) is 7.69. The van der Waals surface area contributed by atoms with E-state index in [1.165, 1.54) is 44.9 Å². The minimum atomic E-state index is 0.562. The largest absolute Gasteiger partial charge is 0.384 e. The van der Waals surface area contributed by atoms with Gasteiger partial charge in [-0.3, -0.25) is 0 Å². The molecule has 4 nitrogen and oxygen atoms in total. The molecule has 0 radical (unpaired) electrons. The van der Waals surface area contributed by atoms with Gasteiger partial charge in [-0.1, -0.05) is 19.3 Å². The summed E-state index contributed by atoms with van der Waals surface area (Å²) in [6.45, 7) is 3.22. The lowest BCUT2D eigenvalue weighted by atomic mass is 9.94. The van der Waals surface area contributed by atoms with E-state index in [9.17, 15) is 0 Å². The second kappa shape index (κ2) is 5.35. The van der Waals surface area contributed by atoms with Crippen molar-refractivity contribution in [2.45, 2.75) is 63.8 Å². The van der Waals surface area contributed by atoms with E-state index in [0.29, 0.717) is 17.8 Å². The van der Waals surface area contributed by atoms with E-state index in [0.717, 1.165) is 18.2 Å². The summed E-state index contributed by atoms with van der Waals surface area (Å²) in [6.07, 6.45) is 9.09. The lowest BCUT2D eigenvalue weighted by molar-refractivity contribution is 0.416. The zero-order valence-electron chi connectivity index (χ0n) is 11.8. The average Bonchev–Trinajstić information content (AvgIpc) is 3.24. The molecule has 2 aliphatic rings. The van der Waals surface area contributed by atoms with Crippen molar-refractivity contribution < 1.29 is 0 Å². The molecule has 19 heavy (non-hydrogen) atoms. The van der Waals surface area contributed by atoms with Gasteiger partial charge < -0.3 is 10.6 Å². The highest BCUT2D eigenvalue weighted by Crippen LogP contribution is 2.39. The summed E-state index contributed by atoms with van der Waals surface area (Å²) >= 11 is 0. The summed E-state index contributed by atoms with van der Waals surface area (Å²) in [7, 11) is 0. The van der Waals surface area contributed by atoms with Gasteiger partial charge in [-0.05, 0) is 32.6 Å². The van der Waals surface area contributed by atoms with Crippen molar-refractivity contribution in [1.29, 1.82) is 0 Å². The fraction of sp³-hybridized carbons (Fsp3) is 0.733. The lowest BCUT2D eigenvalue weighted by Gasteiger charge is -2.34. The Bertz CT molecular complexity index is 436. The molecule has 0 saturated heterocycles. The van der Waals surface area contributed by atoms with Gasteiger partial charge in [0.05, 0.1) is 0 Å². The summed E-state index contributed by atoms with van der Waals surface area (Å²) < 4.78 is 0. The molecule has 0 atom stereocenters. The first kappa shape index (κ1) is 12.7. The van der Waals surface area contributed by atoms with Crippen LogP contribution in [-0.4, -0.2) is 22.6 Å². The quantitative estimate of drug-likeness (QED) is 0.903. The van der Waals surface area contributed by atoms with E-state index < -0.39 is 0 Å². The number of anilines is 2. The van der Waals surface area contributed by atoms with E-state index in [1.54, 1.807) is 0 Å². The smallest absolute Gasteiger partial charge is 0.136 e. The molecule has 1 aromatic heterocycles. The van der Waals surface area contributed by atoms with Crippen molar-refractivity contribution in [3.63, 3.8) is 0 Å². The molecule has 2 fully saturated rings. The van der Waals surface area contributed by atoms with E-state index in [2.05, 4.69) is 16.8 Å². The number of nitrogens with two attached hydrogens (primary N) is 1. The minimum absolute atomic E-state index is 0.562. The first-order valence-electron chi connectivity index (χ1n) is 7.69. The molecule has 2 aliphatic carbocycles. The van der Waals surface area contributed by atoms with Gasteiger partial charge in [-0.15, -0.1) is 0 Å². The van der Waals surface area contributed by atoms with Crippen LogP contribution < -0.4 is 10.6 Å². The zero-order valence-corrected chi connectivity index (χ0v) is 11.8. The SMILES string of the molecule is CCN(c1cc(N)nc(C2CC2)n1)C1CCCCC1. The third-order valence-electron chi connectivity index (χ3n) is 4.34. The topological polar surface area (TPSA) is 55.0 Å². The molecular formula is C15H24N4. The van der Waals surface area contributed by atoms with Crippen LogP contribution in [0.5, 0.6) is 0 Å². The van der Waals surface area contributed by atoms with Crippen molar-refractivity contribution in [1.82, 2.24) is 9.97 Å². The third kappa shape index (κ3) is 2.82. The van der Waals surface area contributed by atoms with Crippen LogP contribution in [0.3, 0.4) is 0 Å². The fourth-order valence-electron chi connectivity index (χ4n) is 3.14. The monoisotopic (exact) mass is 260 g/mol. The van der Waals surface area contributed by atoms with Gasteiger partial charge in [0.15, 0.2) is 0 Å².